The molecule has 0 aliphatic carbocycles. The predicted octanol–water partition coefficient (Wildman–Crippen LogP) is 3.70. The minimum atomic E-state index is 0. The van der Waals surface area contributed by atoms with Gasteiger partial charge in [0.25, 0.3) is 0 Å². The Morgan fingerprint density at radius 2 is 1.96 bits per heavy atom. The van der Waals surface area contributed by atoms with Crippen molar-refractivity contribution in [3.63, 3.8) is 0 Å². The van der Waals surface area contributed by atoms with Gasteiger partial charge in [-0.25, -0.2) is 4.98 Å². The Morgan fingerprint density at radius 3 is 2.56 bits per heavy atom. The standard InChI is InChI=1S/C20H28N4O2.HI/c1-15(2)26-19-11-10-16(12-22-19)13-23-20(21-3)24(4)14-17-8-6-7-9-18(17)25-5;/h6-12,15H,13-14H2,1-5H3,(H,21,23);1H. The molecule has 0 saturated carbocycles. The van der Waals surface area contributed by atoms with E-state index in [9.17, 15) is 0 Å². The second-order valence-corrected chi connectivity index (χ2v) is 6.24. The van der Waals surface area contributed by atoms with Crippen LogP contribution in [0.3, 0.4) is 0 Å². The average molecular weight is 484 g/mol. The molecular formula is C20H29IN4O2. The Bertz CT molecular complexity index is 720. The van der Waals surface area contributed by atoms with E-state index in [1.165, 1.54) is 0 Å². The summed E-state index contributed by atoms with van der Waals surface area (Å²) in [4.78, 5) is 10.7. The van der Waals surface area contributed by atoms with Crippen molar-refractivity contribution in [2.75, 3.05) is 21.2 Å². The van der Waals surface area contributed by atoms with Crippen molar-refractivity contribution in [3.05, 3.63) is 53.7 Å². The van der Waals surface area contributed by atoms with E-state index >= 15 is 0 Å². The number of halogens is 1. The predicted molar refractivity (Wildman–Crippen MR) is 120 cm³/mol. The molecule has 0 unspecified atom stereocenters. The Kier molecular flexibility index (Phi) is 9.92. The van der Waals surface area contributed by atoms with E-state index in [2.05, 4.69) is 26.3 Å². The van der Waals surface area contributed by atoms with Gasteiger partial charge in [0.15, 0.2) is 5.96 Å². The molecule has 6 nitrogen and oxygen atoms in total. The molecule has 0 saturated heterocycles. The highest BCUT2D eigenvalue weighted by Gasteiger charge is 2.10. The van der Waals surface area contributed by atoms with E-state index in [0.29, 0.717) is 19.0 Å². The minimum absolute atomic E-state index is 0. The number of nitrogens with one attached hydrogen (secondary N) is 1. The van der Waals surface area contributed by atoms with Gasteiger partial charge in [-0.15, -0.1) is 24.0 Å². The number of methoxy groups -OCH3 is 1. The van der Waals surface area contributed by atoms with Gasteiger partial charge in [-0.3, -0.25) is 4.99 Å². The van der Waals surface area contributed by atoms with E-state index < -0.39 is 0 Å². The molecule has 148 valence electrons. The Balaban J connectivity index is 0.00000364. The molecule has 0 spiro atoms. The maximum absolute atomic E-state index is 5.57. The van der Waals surface area contributed by atoms with Crippen LogP contribution in [-0.4, -0.2) is 43.2 Å². The van der Waals surface area contributed by atoms with Gasteiger partial charge in [-0.1, -0.05) is 24.3 Å². The smallest absolute Gasteiger partial charge is 0.213 e. The zero-order chi connectivity index (χ0) is 18.9. The van der Waals surface area contributed by atoms with Crippen molar-refractivity contribution in [1.29, 1.82) is 0 Å². The molecule has 1 aromatic carbocycles. The monoisotopic (exact) mass is 484 g/mol. The summed E-state index contributed by atoms with van der Waals surface area (Å²) < 4.78 is 11.0. The lowest BCUT2D eigenvalue weighted by Crippen LogP contribution is -2.38. The number of nitrogens with zero attached hydrogens (tertiary/aromatic N) is 3. The van der Waals surface area contributed by atoms with Crippen LogP contribution < -0.4 is 14.8 Å². The fourth-order valence-electron chi connectivity index (χ4n) is 2.56. The topological polar surface area (TPSA) is 59.0 Å². The molecule has 0 bridgehead atoms. The third-order valence-corrected chi connectivity index (χ3v) is 3.78. The highest BCUT2D eigenvalue weighted by Crippen LogP contribution is 2.18. The molecule has 0 amide bonds. The molecule has 0 aliphatic heterocycles. The highest BCUT2D eigenvalue weighted by atomic mass is 127. The van der Waals surface area contributed by atoms with E-state index in [4.69, 9.17) is 9.47 Å². The molecule has 0 atom stereocenters. The van der Waals surface area contributed by atoms with Crippen molar-refractivity contribution >= 4 is 29.9 Å². The van der Waals surface area contributed by atoms with Gasteiger partial charge in [-0.2, -0.15) is 0 Å². The Labute approximate surface area is 179 Å². The molecule has 0 aliphatic rings. The lowest BCUT2D eigenvalue weighted by molar-refractivity contribution is 0.232. The molecule has 1 aromatic heterocycles. The van der Waals surface area contributed by atoms with Crippen LogP contribution in [-0.2, 0) is 13.1 Å². The quantitative estimate of drug-likeness (QED) is 0.369. The molecule has 2 aromatic rings. The maximum Gasteiger partial charge on any atom is 0.213 e. The number of hydrogen-bond acceptors (Lipinski definition) is 4. The molecular weight excluding hydrogens is 455 g/mol. The fourth-order valence-corrected chi connectivity index (χ4v) is 2.56. The molecule has 2 rings (SSSR count). The average Bonchev–Trinajstić information content (AvgIpc) is 2.63. The Morgan fingerprint density at radius 1 is 1.22 bits per heavy atom. The molecule has 1 heterocycles. The van der Waals surface area contributed by atoms with Crippen LogP contribution in [0.15, 0.2) is 47.6 Å². The summed E-state index contributed by atoms with van der Waals surface area (Å²) in [5.41, 5.74) is 2.17. The van der Waals surface area contributed by atoms with Gasteiger partial charge < -0.3 is 19.7 Å². The van der Waals surface area contributed by atoms with Gasteiger partial charge in [0.2, 0.25) is 5.88 Å². The number of benzene rings is 1. The van der Waals surface area contributed by atoms with Gasteiger partial charge in [0.1, 0.15) is 5.75 Å². The zero-order valence-electron chi connectivity index (χ0n) is 16.6. The first kappa shape index (κ1) is 23.0. The summed E-state index contributed by atoms with van der Waals surface area (Å²) in [6.07, 6.45) is 1.94. The second kappa shape index (κ2) is 11.6. The summed E-state index contributed by atoms with van der Waals surface area (Å²) in [6.45, 7) is 5.30. The number of aliphatic imine (C=N–C) groups is 1. The van der Waals surface area contributed by atoms with Crippen molar-refractivity contribution in [2.24, 2.45) is 4.99 Å². The van der Waals surface area contributed by atoms with E-state index in [-0.39, 0.29) is 30.1 Å². The van der Waals surface area contributed by atoms with Gasteiger partial charge in [0, 0.05) is 45.0 Å². The van der Waals surface area contributed by atoms with Gasteiger partial charge >= 0.3 is 0 Å². The normalized spacial score (nSPS) is 11.0. The van der Waals surface area contributed by atoms with Crippen LogP contribution in [0.4, 0.5) is 0 Å². The number of guanidine groups is 1. The van der Waals surface area contributed by atoms with Crippen LogP contribution in [0.2, 0.25) is 0 Å². The minimum Gasteiger partial charge on any atom is -0.496 e. The summed E-state index contributed by atoms with van der Waals surface area (Å²) in [5.74, 6) is 2.32. The lowest BCUT2D eigenvalue weighted by atomic mass is 10.2. The van der Waals surface area contributed by atoms with Crippen molar-refractivity contribution in [3.8, 4) is 11.6 Å². The first-order valence-electron chi connectivity index (χ1n) is 8.68. The molecule has 27 heavy (non-hydrogen) atoms. The van der Waals surface area contributed by atoms with E-state index in [1.807, 2.05) is 57.4 Å². The van der Waals surface area contributed by atoms with Crippen molar-refractivity contribution in [2.45, 2.75) is 33.0 Å². The Hall–Kier alpha value is -2.03. The zero-order valence-corrected chi connectivity index (χ0v) is 18.9. The van der Waals surface area contributed by atoms with E-state index in [1.54, 1.807) is 14.2 Å². The molecule has 0 fully saturated rings. The molecule has 7 heteroatoms. The van der Waals surface area contributed by atoms with Crippen LogP contribution in [0.1, 0.15) is 25.0 Å². The molecule has 1 N–H and O–H groups in total. The molecule has 0 radical (unpaired) electrons. The van der Waals surface area contributed by atoms with Crippen LogP contribution in [0.5, 0.6) is 11.6 Å². The summed E-state index contributed by atoms with van der Waals surface area (Å²) in [5, 5.41) is 3.36. The maximum atomic E-state index is 5.57. The summed E-state index contributed by atoms with van der Waals surface area (Å²) >= 11 is 0. The largest absolute Gasteiger partial charge is 0.496 e. The van der Waals surface area contributed by atoms with Crippen LogP contribution >= 0.6 is 24.0 Å². The summed E-state index contributed by atoms with van der Waals surface area (Å²) in [7, 11) is 5.46. The first-order valence-corrected chi connectivity index (χ1v) is 8.68. The number of pyridine rings is 1. The number of para-hydroxylation sites is 1. The van der Waals surface area contributed by atoms with Crippen molar-refractivity contribution in [1.82, 2.24) is 15.2 Å². The van der Waals surface area contributed by atoms with Gasteiger partial charge in [0.05, 0.1) is 13.2 Å². The number of hydrogen-bond donors (Lipinski definition) is 1. The summed E-state index contributed by atoms with van der Waals surface area (Å²) in [6, 6.07) is 11.9. The van der Waals surface area contributed by atoms with Crippen LogP contribution in [0.25, 0.3) is 0 Å². The number of ether oxygens (including phenoxy) is 2. The first-order chi connectivity index (χ1) is 12.5. The number of aromatic nitrogens is 1. The second-order valence-electron chi connectivity index (χ2n) is 6.24. The third-order valence-electron chi connectivity index (χ3n) is 3.78. The van der Waals surface area contributed by atoms with Gasteiger partial charge in [-0.05, 0) is 25.5 Å². The fraction of sp³-hybridized carbons (Fsp3) is 0.400. The van der Waals surface area contributed by atoms with Crippen molar-refractivity contribution < 1.29 is 9.47 Å². The SMILES string of the molecule is CN=C(NCc1ccc(OC(C)C)nc1)N(C)Cc1ccccc1OC.I. The third kappa shape index (κ3) is 7.24. The lowest BCUT2D eigenvalue weighted by Gasteiger charge is -2.23. The van der Waals surface area contributed by atoms with Crippen LogP contribution in [0, 0.1) is 0 Å². The highest BCUT2D eigenvalue weighted by molar-refractivity contribution is 14.0. The number of rotatable bonds is 7. The van der Waals surface area contributed by atoms with E-state index in [0.717, 1.165) is 22.8 Å².